The molecule has 0 heterocycles. The molecule has 2 rings (SSSR count). The van der Waals surface area contributed by atoms with E-state index in [1.807, 2.05) is 13.0 Å². The van der Waals surface area contributed by atoms with Crippen LogP contribution < -0.4 is 10.0 Å². The summed E-state index contributed by atoms with van der Waals surface area (Å²) < 4.78 is 25.1. The smallest absolute Gasteiger partial charge is 0.255 e. The Labute approximate surface area is 140 Å². The van der Waals surface area contributed by atoms with E-state index in [-0.39, 0.29) is 5.91 Å². The number of anilines is 2. The zero-order chi connectivity index (χ0) is 17.2. The maximum Gasteiger partial charge on any atom is 0.255 e. The molecular weight excluding hydrogens is 336 g/mol. The molecule has 0 radical (unpaired) electrons. The predicted molar refractivity (Wildman–Crippen MR) is 93.8 cm³/mol. The molecule has 0 bridgehead atoms. The van der Waals surface area contributed by atoms with Crippen molar-refractivity contribution < 1.29 is 13.2 Å². The molecule has 0 spiro atoms. The predicted octanol–water partition coefficient (Wildman–Crippen LogP) is 3.58. The SMILES string of the molecule is Cc1ccc(NC(=O)c2ccc(C)c(NS(C)(=O)=O)c2)c(Cl)c1. The van der Waals surface area contributed by atoms with Gasteiger partial charge in [0.1, 0.15) is 0 Å². The number of hydrogen-bond donors (Lipinski definition) is 2. The number of carbonyl (C=O) groups is 1. The van der Waals surface area contributed by atoms with Crippen molar-refractivity contribution in [3.63, 3.8) is 0 Å². The summed E-state index contributed by atoms with van der Waals surface area (Å²) in [5.41, 5.74) is 2.91. The van der Waals surface area contributed by atoms with Crippen molar-refractivity contribution in [2.75, 3.05) is 16.3 Å². The van der Waals surface area contributed by atoms with Crippen LogP contribution in [0.25, 0.3) is 0 Å². The Morgan fingerprint density at radius 1 is 1.04 bits per heavy atom. The number of aryl methyl sites for hydroxylation is 2. The topological polar surface area (TPSA) is 75.3 Å². The molecule has 0 aromatic heterocycles. The van der Waals surface area contributed by atoms with E-state index in [2.05, 4.69) is 10.0 Å². The van der Waals surface area contributed by atoms with Crippen LogP contribution in [0.5, 0.6) is 0 Å². The molecule has 0 aliphatic rings. The molecule has 0 saturated heterocycles. The number of hydrogen-bond acceptors (Lipinski definition) is 3. The minimum atomic E-state index is -3.42. The minimum Gasteiger partial charge on any atom is -0.321 e. The fourth-order valence-corrected chi connectivity index (χ4v) is 2.89. The average molecular weight is 353 g/mol. The second-order valence-electron chi connectivity index (χ2n) is 5.34. The van der Waals surface area contributed by atoms with E-state index >= 15 is 0 Å². The standard InChI is InChI=1S/C16H17ClN2O3S/c1-10-4-7-14(13(17)8-10)18-16(20)12-6-5-11(2)15(9-12)19-23(3,21)22/h4-9,19H,1-3H3,(H,18,20). The maximum atomic E-state index is 12.3. The van der Waals surface area contributed by atoms with Crippen LogP contribution in [0.1, 0.15) is 21.5 Å². The van der Waals surface area contributed by atoms with Gasteiger partial charge in [0.05, 0.1) is 22.7 Å². The Hall–Kier alpha value is -2.05. The van der Waals surface area contributed by atoms with Crippen LogP contribution >= 0.6 is 11.6 Å². The first kappa shape index (κ1) is 17.3. The second-order valence-corrected chi connectivity index (χ2v) is 7.50. The van der Waals surface area contributed by atoms with Crippen LogP contribution in [0.2, 0.25) is 5.02 Å². The molecule has 5 nitrogen and oxygen atoms in total. The summed E-state index contributed by atoms with van der Waals surface area (Å²) in [6.07, 6.45) is 1.06. The van der Waals surface area contributed by atoms with Gasteiger partial charge in [-0.1, -0.05) is 23.7 Å². The first-order valence-electron chi connectivity index (χ1n) is 6.81. The van der Waals surface area contributed by atoms with Gasteiger partial charge in [-0.05, 0) is 49.2 Å². The summed E-state index contributed by atoms with van der Waals surface area (Å²) in [6.45, 7) is 3.66. The summed E-state index contributed by atoms with van der Waals surface area (Å²) in [6, 6.07) is 10.1. The van der Waals surface area contributed by atoms with Crippen LogP contribution in [-0.2, 0) is 10.0 Å². The summed E-state index contributed by atoms with van der Waals surface area (Å²) in [4.78, 5) is 12.3. The number of rotatable bonds is 4. The Kier molecular flexibility index (Phi) is 4.97. The minimum absolute atomic E-state index is 0.332. The van der Waals surface area contributed by atoms with Crippen molar-refractivity contribution in [1.29, 1.82) is 0 Å². The number of carbonyl (C=O) groups excluding carboxylic acids is 1. The lowest BCUT2D eigenvalue weighted by atomic mass is 10.1. The number of amides is 1. The van der Waals surface area contributed by atoms with Gasteiger partial charge in [-0.3, -0.25) is 9.52 Å². The zero-order valence-electron chi connectivity index (χ0n) is 13.0. The highest BCUT2D eigenvalue weighted by atomic mass is 35.5. The van der Waals surface area contributed by atoms with Gasteiger partial charge in [-0.2, -0.15) is 0 Å². The molecule has 0 fully saturated rings. The molecule has 2 N–H and O–H groups in total. The van der Waals surface area contributed by atoms with Crippen LogP contribution in [-0.4, -0.2) is 20.6 Å². The first-order chi connectivity index (χ1) is 10.7. The van der Waals surface area contributed by atoms with E-state index in [0.29, 0.717) is 22.0 Å². The number of benzene rings is 2. The molecule has 23 heavy (non-hydrogen) atoms. The summed E-state index contributed by atoms with van der Waals surface area (Å²) in [5, 5.41) is 3.16. The molecule has 122 valence electrons. The highest BCUT2D eigenvalue weighted by Crippen LogP contribution is 2.24. The van der Waals surface area contributed by atoms with Gasteiger partial charge in [0, 0.05) is 5.56 Å². The molecule has 2 aromatic carbocycles. The number of sulfonamides is 1. The Morgan fingerprint density at radius 2 is 1.74 bits per heavy atom. The van der Waals surface area contributed by atoms with E-state index in [1.165, 1.54) is 6.07 Å². The molecule has 0 saturated carbocycles. The van der Waals surface area contributed by atoms with Gasteiger partial charge in [0.25, 0.3) is 5.91 Å². The van der Waals surface area contributed by atoms with Gasteiger partial charge >= 0.3 is 0 Å². The average Bonchev–Trinajstić information content (AvgIpc) is 2.42. The van der Waals surface area contributed by atoms with Crippen molar-refractivity contribution in [2.24, 2.45) is 0 Å². The summed E-state index contributed by atoms with van der Waals surface area (Å²) in [5.74, 6) is -0.368. The third kappa shape index (κ3) is 4.71. The van der Waals surface area contributed by atoms with Crippen molar-refractivity contribution >= 4 is 38.9 Å². The van der Waals surface area contributed by atoms with E-state index in [4.69, 9.17) is 11.6 Å². The second kappa shape index (κ2) is 6.60. The molecular formula is C16H17ClN2O3S. The molecule has 2 aromatic rings. The molecule has 7 heteroatoms. The van der Waals surface area contributed by atoms with Gasteiger partial charge in [0.2, 0.25) is 10.0 Å². The van der Waals surface area contributed by atoms with E-state index in [0.717, 1.165) is 17.4 Å². The van der Waals surface area contributed by atoms with E-state index in [1.54, 1.807) is 31.2 Å². The normalized spacial score (nSPS) is 11.1. The Morgan fingerprint density at radius 3 is 2.35 bits per heavy atom. The van der Waals surface area contributed by atoms with Crippen molar-refractivity contribution in [3.05, 3.63) is 58.1 Å². The molecule has 0 aliphatic heterocycles. The van der Waals surface area contributed by atoms with Crippen LogP contribution in [0, 0.1) is 13.8 Å². The van der Waals surface area contributed by atoms with Gasteiger partial charge in [-0.15, -0.1) is 0 Å². The van der Waals surface area contributed by atoms with Gasteiger partial charge < -0.3 is 5.32 Å². The third-order valence-corrected chi connectivity index (χ3v) is 4.07. The lowest BCUT2D eigenvalue weighted by Gasteiger charge is -2.11. The first-order valence-corrected chi connectivity index (χ1v) is 9.08. The quantitative estimate of drug-likeness (QED) is 0.883. The molecule has 1 amide bonds. The van der Waals surface area contributed by atoms with Crippen molar-refractivity contribution in [1.82, 2.24) is 0 Å². The van der Waals surface area contributed by atoms with Gasteiger partial charge in [-0.25, -0.2) is 8.42 Å². The Bertz CT molecular complexity index is 864. The maximum absolute atomic E-state index is 12.3. The largest absolute Gasteiger partial charge is 0.321 e. The lowest BCUT2D eigenvalue weighted by molar-refractivity contribution is 0.102. The molecule has 0 atom stereocenters. The molecule has 0 unspecified atom stereocenters. The fourth-order valence-electron chi connectivity index (χ4n) is 1.99. The van der Waals surface area contributed by atoms with Crippen LogP contribution in [0.15, 0.2) is 36.4 Å². The molecule has 0 aliphatic carbocycles. The fraction of sp³-hybridized carbons (Fsp3) is 0.188. The zero-order valence-corrected chi connectivity index (χ0v) is 14.5. The van der Waals surface area contributed by atoms with Crippen molar-refractivity contribution in [2.45, 2.75) is 13.8 Å². The van der Waals surface area contributed by atoms with Crippen LogP contribution in [0.4, 0.5) is 11.4 Å². The summed E-state index contributed by atoms with van der Waals surface area (Å²) >= 11 is 6.10. The van der Waals surface area contributed by atoms with Crippen LogP contribution in [0.3, 0.4) is 0 Å². The monoisotopic (exact) mass is 352 g/mol. The highest BCUT2D eigenvalue weighted by Gasteiger charge is 2.12. The van der Waals surface area contributed by atoms with Crippen molar-refractivity contribution in [3.8, 4) is 0 Å². The number of halogens is 1. The number of nitrogens with one attached hydrogen (secondary N) is 2. The summed E-state index contributed by atoms with van der Waals surface area (Å²) in [7, 11) is -3.42. The Balaban J connectivity index is 2.27. The van der Waals surface area contributed by atoms with E-state index in [9.17, 15) is 13.2 Å². The van der Waals surface area contributed by atoms with E-state index < -0.39 is 10.0 Å². The third-order valence-electron chi connectivity index (χ3n) is 3.17. The van der Waals surface area contributed by atoms with Gasteiger partial charge in [0.15, 0.2) is 0 Å². The lowest BCUT2D eigenvalue weighted by Crippen LogP contribution is -2.15. The highest BCUT2D eigenvalue weighted by molar-refractivity contribution is 7.92.